The second kappa shape index (κ2) is 8.03. The highest BCUT2D eigenvalue weighted by Crippen LogP contribution is 2.29. The van der Waals surface area contributed by atoms with Crippen LogP contribution in [-0.2, 0) is 6.54 Å². The van der Waals surface area contributed by atoms with E-state index in [-0.39, 0.29) is 0 Å². The zero-order valence-electron chi connectivity index (χ0n) is 14.6. The number of nitrogens with zero attached hydrogens (tertiary/aromatic N) is 4. The first kappa shape index (κ1) is 17.3. The minimum absolute atomic E-state index is 0.296. The first-order chi connectivity index (χ1) is 12.2. The molecule has 0 N–H and O–H groups in total. The van der Waals surface area contributed by atoms with Gasteiger partial charge >= 0.3 is 0 Å². The minimum atomic E-state index is 0.296. The van der Waals surface area contributed by atoms with Gasteiger partial charge in [0.05, 0.1) is 12.1 Å². The van der Waals surface area contributed by atoms with E-state index < -0.39 is 0 Å². The lowest BCUT2D eigenvalue weighted by atomic mass is 9.92. The van der Waals surface area contributed by atoms with Crippen molar-refractivity contribution < 1.29 is 4.42 Å². The zero-order valence-corrected chi connectivity index (χ0v) is 14.6. The van der Waals surface area contributed by atoms with Gasteiger partial charge in [-0.3, -0.25) is 9.88 Å². The van der Waals surface area contributed by atoms with Gasteiger partial charge in [0.2, 0.25) is 11.8 Å². The van der Waals surface area contributed by atoms with Crippen LogP contribution in [0.4, 0.5) is 0 Å². The lowest BCUT2D eigenvalue weighted by Gasteiger charge is -2.39. The Labute approximate surface area is 148 Å². The molecule has 130 valence electrons. The Morgan fingerprint density at radius 3 is 2.84 bits per heavy atom. The van der Waals surface area contributed by atoms with Crippen LogP contribution >= 0.6 is 0 Å². The molecule has 5 nitrogen and oxygen atoms in total. The van der Waals surface area contributed by atoms with Crippen molar-refractivity contribution in [3.8, 4) is 11.5 Å². The van der Waals surface area contributed by atoms with Gasteiger partial charge in [-0.25, -0.2) is 0 Å². The summed E-state index contributed by atoms with van der Waals surface area (Å²) in [6.45, 7) is 10.6. The van der Waals surface area contributed by atoms with Crippen LogP contribution in [0.5, 0.6) is 0 Å². The average molecular weight is 336 g/mol. The van der Waals surface area contributed by atoms with E-state index in [2.05, 4.69) is 46.2 Å². The Morgan fingerprint density at radius 1 is 1.28 bits per heavy atom. The van der Waals surface area contributed by atoms with Gasteiger partial charge < -0.3 is 4.42 Å². The Bertz CT molecular complexity index is 750. The largest absolute Gasteiger partial charge is 0.419 e. The summed E-state index contributed by atoms with van der Waals surface area (Å²) in [5.41, 5.74) is 2.25. The molecule has 0 saturated carbocycles. The van der Waals surface area contributed by atoms with Crippen molar-refractivity contribution in [3.63, 3.8) is 0 Å². The zero-order chi connectivity index (χ0) is 17.6. The second-order valence-corrected chi connectivity index (χ2v) is 6.40. The fourth-order valence-electron chi connectivity index (χ4n) is 3.36. The van der Waals surface area contributed by atoms with Gasteiger partial charge in [-0.2, -0.15) is 0 Å². The molecule has 3 heterocycles. The van der Waals surface area contributed by atoms with Crippen LogP contribution in [0.25, 0.3) is 11.5 Å². The summed E-state index contributed by atoms with van der Waals surface area (Å²) in [6, 6.07) is 4.46. The molecule has 1 aliphatic heterocycles. The maximum absolute atomic E-state index is 5.88. The summed E-state index contributed by atoms with van der Waals surface area (Å²) >= 11 is 0. The van der Waals surface area contributed by atoms with Crippen LogP contribution in [0.2, 0.25) is 0 Å². The molecular weight excluding hydrogens is 312 g/mol. The fourth-order valence-corrected chi connectivity index (χ4v) is 3.36. The molecular formula is C20H24N4O. The Balaban J connectivity index is 1.82. The molecule has 0 amide bonds. The Hall–Kier alpha value is -2.53. The Kier molecular flexibility index (Phi) is 5.56. The maximum atomic E-state index is 5.88. The maximum Gasteiger partial charge on any atom is 0.249 e. The van der Waals surface area contributed by atoms with Crippen LogP contribution in [-0.4, -0.2) is 32.2 Å². The van der Waals surface area contributed by atoms with Crippen LogP contribution in [0, 0.1) is 0 Å². The van der Waals surface area contributed by atoms with E-state index in [1.807, 2.05) is 24.3 Å². The lowest BCUT2D eigenvalue weighted by molar-refractivity contribution is 0.125. The quantitative estimate of drug-likeness (QED) is 0.710. The van der Waals surface area contributed by atoms with Gasteiger partial charge in [-0.15, -0.1) is 23.4 Å². The molecule has 3 rings (SSSR count). The van der Waals surface area contributed by atoms with Crippen molar-refractivity contribution in [2.75, 3.05) is 0 Å². The fraction of sp³-hybridized carbons (Fsp3) is 0.350. The molecule has 0 saturated heterocycles. The van der Waals surface area contributed by atoms with E-state index in [9.17, 15) is 0 Å². The highest BCUT2D eigenvalue weighted by Gasteiger charge is 2.29. The van der Waals surface area contributed by atoms with Crippen LogP contribution < -0.4 is 0 Å². The van der Waals surface area contributed by atoms with Crippen molar-refractivity contribution in [1.82, 2.24) is 20.1 Å². The van der Waals surface area contributed by atoms with E-state index in [4.69, 9.17) is 4.42 Å². The van der Waals surface area contributed by atoms with Crippen molar-refractivity contribution in [2.24, 2.45) is 0 Å². The van der Waals surface area contributed by atoms with Gasteiger partial charge in [0, 0.05) is 24.5 Å². The predicted octanol–water partition coefficient (Wildman–Crippen LogP) is 4.17. The number of pyridine rings is 1. The lowest BCUT2D eigenvalue weighted by Crippen LogP contribution is -2.44. The summed E-state index contributed by atoms with van der Waals surface area (Å²) < 4.78 is 5.88. The molecule has 25 heavy (non-hydrogen) atoms. The topological polar surface area (TPSA) is 55.1 Å². The van der Waals surface area contributed by atoms with E-state index in [1.54, 1.807) is 12.4 Å². The molecule has 0 spiro atoms. The average Bonchev–Trinajstić information content (AvgIpc) is 3.08. The van der Waals surface area contributed by atoms with E-state index >= 15 is 0 Å². The van der Waals surface area contributed by atoms with Crippen molar-refractivity contribution >= 4 is 0 Å². The van der Waals surface area contributed by atoms with Crippen molar-refractivity contribution in [2.45, 2.75) is 44.8 Å². The Morgan fingerprint density at radius 2 is 2.12 bits per heavy atom. The van der Waals surface area contributed by atoms with Crippen molar-refractivity contribution in [3.05, 3.63) is 67.4 Å². The number of hydrogen-bond acceptors (Lipinski definition) is 5. The molecule has 0 radical (unpaired) electrons. The molecule has 0 fully saturated rings. The van der Waals surface area contributed by atoms with Crippen LogP contribution in [0.3, 0.4) is 0 Å². The molecule has 5 heteroatoms. The standard InChI is InChI=1S/C20H24N4O/c1-4-7-17-11-15(3)12-18(8-5-2)24(17)14-19-22-23-20(25-19)16-9-6-10-21-13-16/h4-6,9-11,13,17-18H,1-2,7-8,12,14H2,3H3/t17-,18-/m0/s1. The molecule has 1 aliphatic rings. The third-order valence-corrected chi connectivity index (χ3v) is 4.47. The van der Waals surface area contributed by atoms with E-state index in [0.717, 1.165) is 24.8 Å². The van der Waals surface area contributed by atoms with Gasteiger partial charge in [0.15, 0.2) is 0 Å². The number of hydrogen-bond donors (Lipinski definition) is 0. The second-order valence-electron chi connectivity index (χ2n) is 6.40. The van der Waals surface area contributed by atoms with Crippen molar-refractivity contribution in [1.29, 1.82) is 0 Å². The summed E-state index contributed by atoms with van der Waals surface area (Å²) in [5.74, 6) is 1.13. The third-order valence-electron chi connectivity index (χ3n) is 4.47. The third kappa shape index (κ3) is 4.12. The molecule has 2 aromatic heterocycles. The molecule has 0 aliphatic carbocycles. The van der Waals surface area contributed by atoms with Gasteiger partial charge in [0.1, 0.15) is 0 Å². The monoisotopic (exact) mass is 336 g/mol. The summed E-state index contributed by atoms with van der Waals surface area (Å²) in [7, 11) is 0. The minimum Gasteiger partial charge on any atom is -0.419 e. The SMILES string of the molecule is C=CC[C@H]1CC(C)=C[C@H](CC=C)N1Cc1nnc(-c2cccnc2)o1. The first-order valence-corrected chi connectivity index (χ1v) is 8.59. The number of aromatic nitrogens is 3. The van der Waals surface area contributed by atoms with E-state index in [1.165, 1.54) is 5.57 Å². The van der Waals surface area contributed by atoms with Crippen LogP contribution in [0.1, 0.15) is 32.1 Å². The molecule has 0 aromatic carbocycles. The summed E-state index contributed by atoms with van der Waals surface area (Å²) in [4.78, 5) is 6.51. The highest BCUT2D eigenvalue weighted by molar-refractivity contribution is 5.49. The molecule has 0 unspecified atom stereocenters. The predicted molar refractivity (Wildman–Crippen MR) is 98.7 cm³/mol. The first-order valence-electron chi connectivity index (χ1n) is 8.59. The normalized spacial score (nSPS) is 20.9. The van der Waals surface area contributed by atoms with Gasteiger partial charge in [-0.05, 0) is 38.3 Å². The summed E-state index contributed by atoms with van der Waals surface area (Å²) in [5, 5.41) is 8.41. The smallest absolute Gasteiger partial charge is 0.249 e. The molecule has 0 bridgehead atoms. The molecule has 2 atom stereocenters. The van der Waals surface area contributed by atoms with Gasteiger partial charge in [-0.1, -0.05) is 23.8 Å². The van der Waals surface area contributed by atoms with Gasteiger partial charge in [0.25, 0.3) is 0 Å². The highest BCUT2D eigenvalue weighted by atomic mass is 16.4. The van der Waals surface area contributed by atoms with E-state index in [0.29, 0.717) is 30.4 Å². The number of rotatable bonds is 7. The summed E-state index contributed by atoms with van der Waals surface area (Å²) in [6.07, 6.45) is 12.6. The molecule has 2 aromatic rings. The van der Waals surface area contributed by atoms with Crippen LogP contribution in [0.15, 0.2) is 65.9 Å².